The highest BCUT2D eigenvalue weighted by Crippen LogP contribution is 2.27. The van der Waals surface area contributed by atoms with Crippen LogP contribution in [0.4, 0.5) is 0 Å². The van der Waals surface area contributed by atoms with Crippen LogP contribution < -0.4 is 0 Å². The van der Waals surface area contributed by atoms with E-state index < -0.39 is 0 Å². The summed E-state index contributed by atoms with van der Waals surface area (Å²) in [5.74, 6) is 0.344. The maximum absolute atomic E-state index is 12.1. The van der Waals surface area contributed by atoms with E-state index in [9.17, 15) is 4.79 Å². The zero-order valence-electron chi connectivity index (χ0n) is 9.35. The van der Waals surface area contributed by atoms with Crippen molar-refractivity contribution < 1.29 is 9.21 Å². The van der Waals surface area contributed by atoms with Gasteiger partial charge in [-0.2, -0.15) is 0 Å². The minimum absolute atomic E-state index is 0.0234. The summed E-state index contributed by atoms with van der Waals surface area (Å²) >= 11 is 7.58. The second-order valence-corrected chi connectivity index (χ2v) is 5.39. The molecule has 0 atom stereocenters. The zero-order chi connectivity index (χ0) is 12.5. The van der Waals surface area contributed by atoms with Gasteiger partial charge in [-0.05, 0) is 23.6 Å². The van der Waals surface area contributed by atoms with E-state index in [-0.39, 0.29) is 5.78 Å². The predicted octanol–water partition coefficient (Wildman–Crippen LogP) is 4.57. The Morgan fingerprint density at radius 2 is 2.17 bits per heavy atom. The van der Waals surface area contributed by atoms with Gasteiger partial charge in [-0.1, -0.05) is 29.8 Å². The molecule has 0 N–H and O–H groups in total. The molecule has 0 saturated carbocycles. The number of carbonyl (C=O) groups excluding carboxylic acids is 1. The number of rotatable bonds is 3. The van der Waals surface area contributed by atoms with Gasteiger partial charge in [0, 0.05) is 16.7 Å². The monoisotopic (exact) mass is 276 g/mol. The van der Waals surface area contributed by atoms with Crippen molar-refractivity contribution in [2.24, 2.45) is 0 Å². The Bertz CT molecular complexity index is 698. The van der Waals surface area contributed by atoms with Crippen LogP contribution in [0.5, 0.6) is 0 Å². The van der Waals surface area contributed by atoms with Crippen LogP contribution >= 0.6 is 22.9 Å². The van der Waals surface area contributed by atoms with E-state index >= 15 is 0 Å². The lowest BCUT2D eigenvalue weighted by molar-refractivity contribution is 0.0969. The van der Waals surface area contributed by atoms with E-state index in [0.29, 0.717) is 22.8 Å². The number of Topliss-reactive ketones (excluding diaryl/α,β-unsaturated/α-hetero) is 1. The third-order valence-electron chi connectivity index (χ3n) is 2.69. The van der Waals surface area contributed by atoms with Crippen LogP contribution in [-0.4, -0.2) is 5.78 Å². The number of carbonyl (C=O) groups is 1. The molecule has 0 spiro atoms. The average Bonchev–Trinajstić information content (AvgIpc) is 2.97. The quantitative estimate of drug-likeness (QED) is 0.656. The molecule has 18 heavy (non-hydrogen) atoms. The topological polar surface area (TPSA) is 30.2 Å². The van der Waals surface area contributed by atoms with Gasteiger partial charge in [0.25, 0.3) is 0 Å². The first-order valence-electron chi connectivity index (χ1n) is 5.47. The number of hydrogen-bond acceptors (Lipinski definition) is 3. The molecule has 1 aromatic carbocycles. The van der Waals surface area contributed by atoms with Crippen molar-refractivity contribution in [1.29, 1.82) is 0 Å². The Hall–Kier alpha value is -1.58. The smallest absolute Gasteiger partial charge is 0.203 e. The first-order valence-corrected chi connectivity index (χ1v) is 6.73. The highest BCUT2D eigenvalue weighted by Gasteiger charge is 2.14. The summed E-state index contributed by atoms with van der Waals surface area (Å²) in [6.45, 7) is 0. The molecule has 0 unspecified atom stereocenters. The number of fused-ring (bicyclic) bond motifs is 1. The van der Waals surface area contributed by atoms with Crippen molar-refractivity contribution in [3.05, 3.63) is 57.4 Å². The van der Waals surface area contributed by atoms with Crippen LogP contribution in [0.25, 0.3) is 11.0 Å². The lowest BCUT2D eigenvalue weighted by Gasteiger charge is -1.93. The lowest BCUT2D eigenvalue weighted by Crippen LogP contribution is -1.99. The van der Waals surface area contributed by atoms with Gasteiger partial charge in [0.1, 0.15) is 0 Å². The van der Waals surface area contributed by atoms with Gasteiger partial charge in [-0.15, -0.1) is 11.3 Å². The van der Waals surface area contributed by atoms with E-state index in [4.69, 9.17) is 16.0 Å². The minimum atomic E-state index is -0.0234. The Morgan fingerprint density at radius 1 is 1.28 bits per heavy atom. The van der Waals surface area contributed by atoms with E-state index in [1.54, 1.807) is 23.5 Å². The fraction of sp³-hybridized carbons (Fsp3) is 0.0714. The molecule has 0 saturated heterocycles. The molecular weight excluding hydrogens is 268 g/mol. The third kappa shape index (κ3) is 2.07. The van der Waals surface area contributed by atoms with E-state index in [1.165, 1.54) is 0 Å². The number of benzene rings is 1. The zero-order valence-corrected chi connectivity index (χ0v) is 10.9. The number of furan rings is 1. The molecule has 3 aromatic rings. The van der Waals surface area contributed by atoms with Crippen LogP contribution in [-0.2, 0) is 6.42 Å². The summed E-state index contributed by atoms with van der Waals surface area (Å²) in [4.78, 5) is 13.1. The Labute approximate surface area is 113 Å². The van der Waals surface area contributed by atoms with E-state index in [1.807, 2.05) is 29.6 Å². The summed E-state index contributed by atoms with van der Waals surface area (Å²) in [7, 11) is 0. The van der Waals surface area contributed by atoms with Crippen molar-refractivity contribution in [2.75, 3.05) is 0 Å². The summed E-state index contributed by atoms with van der Waals surface area (Å²) in [5.41, 5.74) is 0.577. The molecule has 2 heterocycles. The largest absolute Gasteiger partial charge is 0.451 e. The highest BCUT2D eigenvalue weighted by molar-refractivity contribution is 7.10. The maximum Gasteiger partial charge on any atom is 0.203 e. The average molecular weight is 277 g/mol. The van der Waals surface area contributed by atoms with E-state index in [0.717, 1.165) is 10.3 Å². The molecule has 0 aliphatic carbocycles. The first kappa shape index (κ1) is 11.5. The molecule has 0 fully saturated rings. The molecule has 2 aromatic heterocycles. The Balaban J connectivity index is 1.94. The minimum Gasteiger partial charge on any atom is -0.451 e. The van der Waals surface area contributed by atoms with Crippen LogP contribution in [0.15, 0.2) is 46.2 Å². The van der Waals surface area contributed by atoms with Gasteiger partial charge in [0.05, 0.1) is 5.02 Å². The van der Waals surface area contributed by atoms with E-state index in [2.05, 4.69) is 0 Å². The maximum atomic E-state index is 12.1. The molecular formula is C14H9ClO2S. The van der Waals surface area contributed by atoms with Crippen LogP contribution in [0.2, 0.25) is 5.02 Å². The van der Waals surface area contributed by atoms with Crippen LogP contribution in [0.1, 0.15) is 15.4 Å². The van der Waals surface area contributed by atoms with Gasteiger partial charge in [0.15, 0.2) is 11.3 Å². The Morgan fingerprint density at radius 3 is 2.89 bits per heavy atom. The normalized spacial score (nSPS) is 10.9. The van der Waals surface area contributed by atoms with Gasteiger partial charge in [0.2, 0.25) is 5.78 Å². The fourth-order valence-corrected chi connectivity index (χ4v) is 2.75. The first-order chi connectivity index (χ1) is 8.74. The number of para-hydroxylation sites is 1. The lowest BCUT2D eigenvalue weighted by atomic mass is 10.2. The molecule has 3 rings (SSSR count). The van der Waals surface area contributed by atoms with Crippen molar-refractivity contribution in [2.45, 2.75) is 6.42 Å². The molecule has 90 valence electrons. The highest BCUT2D eigenvalue weighted by atomic mass is 35.5. The van der Waals surface area contributed by atoms with Gasteiger partial charge < -0.3 is 4.42 Å². The van der Waals surface area contributed by atoms with Crippen molar-refractivity contribution in [3.8, 4) is 0 Å². The van der Waals surface area contributed by atoms with Gasteiger partial charge >= 0.3 is 0 Å². The summed E-state index contributed by atoms with van der Waals surface area (Å²) < 4.78 is 5.53. The predicted molar refractivity (Wildman–Crippen MR) is 73.6 cm³/mol. The van der Waals surface area contributed by atoms with Crippen molar-refractivity contribution in [1.82, 2.24) is 0 Å². The molecule has 0 radical (unpaired) electrons. The number of halogens is 1. The molecule has 2 nitrogen and oxygen atoms in total. The standard InChI is InChI=1S/C14H9ClO2S/c15-11-5-1-3-9-7-13(17-14(9)11)12(16)8-10-4-2-6-18-10/h1-7H,8H2. The summed E-state index contributed by atoms with van der Waals surface area (Å²) in [6, 6.07) is 11.1. The molecule has 4 heteroatoms. The second kappa shape index (κ2) is 4.59. The van der Waals surface area contributed by atoms with Crippen LogP contribution in [0, 0.1) is 0 Å². The number of ketones is 1. The Kier molecular flexibility index (Phi) is 2.94. The third-order valence-corrected chi connectivity index (χ3v) is 3.86. The van der Waals surface area contributed by atoms with Crippen LogP contribution in [0.3, 0.4) is 0 Å². The van der Waals surface area contributed by atoms with Crippen molar-refractivity contribution >= 4 is 39.7 Å². The van der Waals surface area contributed by atoms with Crippen molar-refractivity contribution in [3.63, 3.8) is 0 Å². The SMILES string of the molecule is O=C(Cc1cccs1)c1cc2cccc(Cl)c2o1. The molecule has 0 aliphatic rings. The second-order valence-electron chi connectivity index (χ2n) is 3.95. The van der Waals surface area contributed by atoms with Gasteiger partial charge in [-0.25, -0.2) is 0 Å². The fourth-order valence-electron chi connectivity index (χ4n) is 1.82. The number of thiophene rings is 1. The molecule has 0 aliphatic heterocycles. The molecule has 0 amide bonds. The van der Waals surface area contributed by atoms with Gasteiger partial charge in [-0.3, -0.25) is 4.79 Å². The molecule has 0 bridgehead atoms. The summed E-state index contributed by atoms with van der Waals surface area (Å²) in [5, 5.41) is 3.35. The number of hydrogen-bond donors (Lipinski definition) is 0. The summed E-state index contributed by atoms with van der Waals surface area (Å²) in [6.07, 6.45) is 0.370.